The molecule has 136 valence electrons. The van der Waals surface area contributed by atoms with Crippen LogP contribution in [0.2, 0.25) is 5.15 Å². The molecule has 0 radical (unpaired) electrons. The van der Waals surface area contributed by atoms with Gasteiger partial charge in [0.05, 0.1) is 17.1 Å². The lowest BCUT2D eigenvalue weighted by molar-refractivity contribution is -0.147. The molecule has 5 nitrogen and oxygen atoms in total. The molecule has 0 bridgehead atoms. The van der Waals surface area contributed by atoms with Crippen LogP contribution in [0.25, 0.3) is 10.9 Å². The minimum Gasteiger partial charge on any atom is -0.482 e. The number of carbonyl (C=O) groups is 1. The Kier molecular flexibility index (Phi) is 5.58. The highest BCUT2D eigenvalue weighted by Crippen LogP contribution is 2.25. The van der Waals surface area contributed by atoms with Crippen molar-refractivity contribution in [3.8, 4) is 11.8 Å². The number of ether oxygens (including phenoxy) is 2. The van der Waals surface area contributed by atoms with Crippen molar-refractivity contribution in [2.75, 3.05) is 6.61 Å². The molecule has 0 aliphatic heterocycles. The molecule has 0 aliphatic carbocycles. The first-order valence-electron chi connectivity index (χ1n) is 8.32. The minimum absolute atomic E-state index is 0.0181. The molecule has 0 saturated heterocycles. The minimum atomic E-state index is -0.518. The average molecular weight is 381 g/mol. The van der Waals surface area contributed by atoms with Crippen LogP contribution in [0.4, 0.5) is 0 Å². The van der Waals surface area contributed by atoms with Crippen molar-refractivity contribution in [3.63, 3.8) is 0 Å². The van der Waals surface area contributed by atoms with E-state index in [1.165, 1.54) is 0 Å². The highest BCUT2D eigenvalue weighted by Gasteiger charge is 2.11. The van der Waals surface area contributed by atoms with E-state index in [4.69, 9.17) is 26.3 Å². The van der Waals surface area contributed by atoms with Gasteiger partial charge < -0.3 is 9.47 Å². The molecule has 27 heavy (non-hydrogen) atoms. The van der Waals surface area contributed by atoms with Crippen LogP contribution in [0, 0.1) is 25.2 Å². The number of nitriles is 1. The Morgan fingerprint density at radius 3 is 2.63 bits per heavy atom. The van der Waals surface area contributed by atoms with E-state index in [9.17, 15) is 4.79 Å². The van der Waals surface area contributed by atoms with E-state index in [2.05, 4.69) is 4.98 Å². The quantitative estimate of drug-likeness (QED) is 0.481. The summed E-state index contributed by atoms with van der Waals surface area (Å²) in [5, 5.41) is 10.0. The van der Waals surface area contributed by atoms with Crippen LogP contribution >= 0.6 is 11.6 Å². The van der Waals surface area contributed by atoms with Crippen LogP contribution in [0.5, 0.6) is 5.75 Å². The fourth-order valence-electron chi connectivity index (χ4n) is 2.57. The molecule has 1 aromatic heterocycles. The number of fused-ring (bicyclic) bond motifs is 1. The van der Waals surface area contributed by atoms with Crippen molar-refractivity contribution >= 4 is 28.5 Å². The monoisotopic (exact) mass is 380 g/mol. The van der Waals surface area contributed by atoms with Crippen molar-refractivity contribution in [2.24, 2.45) is 0 Å². The summed E-state index contributed by atoms with van der Waals surface area (Å²) in [6.07, 6.45) is 0. The molecule has 0 saturated carbocycles. The van der Waals surface area contributed by atoms with Crippen LogP contribution in [-0.4, -0.2) is 17.6 Å². The predicted molar refractivity (Wildman–Crippen MR) is 103 cm³/mol. The van der Waals surface area contributed by atoms with Crippen LogP contribution < -0.4 is 4.74 Å². The zero-order valence-electron chi connectivity index (χ0n) is 15.0. The van der Waals surface area contributed by atoms with E-state index in [0.717, 1.165) is 22.0 Å². The normalized spacial score (nSPS) is 10.4. The topological polar surface area (TPSA) is 72.2 Å². The Bertz CT molecular complexity index is 1040. The lowest BCUT2D eigenvalue weighted by atomic mass is 10.0. The van der Waals surface area contributed by atoms with Gasteiger partial charge >= 0.3 is 5.97 Å². The number of esters is 1. The molecule has 0 aliphatic rings. The maximum absolute atomic E-state index is 11.9. The maximum Gasteiger partial charge on any atom is 0.344 e. The summed E-state index contributed by atoms with van der Waals surface area (Å²) in [6.45, 7) is 3.81. The lowest BCUT2D eigenvalue weighted by Crippen LogP contribution is -2.15. The average Bonchev–Trinajstić information content (AvgIpc) is 2.68. The molecule has 1 heterocycles. The Balaban J connectivity index is 1.62. The third kappa shape index (κ3) is 4.36. The summed E-state index contributed by atoms with van der Waals surface area (Å²) < 4.78 is 10.6. The first kappa shape index (κ1) is 18.7. The molecule has 6 heteroatoms. The number of halogens is 1. The van der Waals surface area contributed by atoms with Crippen LogP contribution in [-0.2, 0) is 16.1 Å². The number of hydrogen-bond acceptors (Lipinski definition) is 5. The Labute approximate surface area is 162 Å². The van der Waals surface area contributed by atoms with Gasteiger partial charge in [0.25, 0.3) is 0 Å². The van der Waals surface area contributed by atoms with E-state index in [-0.39, 0.29) is 13.2 Å². The van der Waals surface area contributed by atoms with Crippen LogP contribution in [0.1, 0.15) is 22.3 Å². The van der Waals surface area contributed by atoms with E-state index in [1.54, 1.807) is 24.3 Å². The molecule has 0 fully saturated rings. The zero-order chi connectivity index (χ0) is 19.4. The Morgan fingerprint density at radius 2 is 1.93 bits per heavy atom. The van der Waals surface area contributed by atoms with Gasteiger partial charge in [-0.2, -0.15) is 5.26 Å². The third-order valence-electron chi connectivity index (χ3n) is 4.27. The molecule has 2 aromatic carbocycles. The number of pyridine rings is 1. The van der Waals surface area contributed by atoms with Crippen molar-refractivity contribution in [1.29, 1.82) is 5.26 Å². The Hall–Kier alpha value is -3.10. The number of hydrogen-bond donors (Lipinski definition) is 0. The third-order valence-corrected chi connectivity index (χ3v) is 4.59. The summed E-state index contributed by atoms with van der Waals surface area (Å²) >= 11 is 6.25. The number of nitrogens with zero attached hydrogens (tertiary/aromatic N) is 2. The van der Waals surface area contributed by atoms with E-state index < -0.39 is 5.97 Å². The smallest absolute Gasteiger partial charge is 0.344 e. The summed E-state index contributed by atoms with van der Waals surface area (Å²) in [6, 6.07) is 14.4. The number of aromatic nitrogens is 1. The number of carbonyl (C=O) groups excluding carboxylic acids is 1. The fourth-order valence-corrected chi connectivity index (χ4v) is 2.77. The van der Waals surface area contributed by atoms with Gasteiger partial charge in [0.15, 0.2) is 6.61 Å². The largest absolute Gasteiger partial charge is 0.482 e. The summed E-state index contributed by atoms with van der Waals surface area (Å²) in [7, 11) is 0. The summed E-state index contributed by atoms with van der Waals surface area (Å²) in [5.41, 5.74) is 4.23. The second-order valence-electron chi connectivity index (χ2n) is 6.10. The SMILES string of the molecule is Cc1ccc2cc(COC(=O)COc3ccc(C#N)cc3)c(Cl)nc2c1C. The van der Waals surface area contributed by atoms with Crippen LogP contribution in [0.3, 0.4) is 0 Å². The molecule has 3 aromatic rings. The van der Waals surface area contributed by atoms with E-state index >= 15 is 0 Å². The van der Waals surface area contributed by atoms with Crippen molar-refractivity contribution in [2.45, 2.75) is 20.5 Å². The van der Waals surface area contributed by atoms with E-state index in [1.807, 2.05) is 38.1 Å². The highest BCUT2D eigenvalue weighted by atomic mass is 35.5. The molecular formula is C21H17ClN2O3. The van der Waals surface area contributed by atoms with E-state index in [0.29, 0.717) is 22.0 Å². The van der Waals surface area contributed by atoms with Gasteiger partial charge in [0.1, 0.15) is 17.5 Å². The molecule has 0 amide bonds. The maximum atomic E-state index is 11.9. The fraction of sp³-hybridized carbons (Fsp3) is 0.190. The first-order chi connectivity index (χ1) is 13.0. The number of aryl methyl sites for hydroxylation is 2. The second-order valence-corrected chi connectivity index (χ2v) is 6.46. The predicted octanol–water partition coefficient (Wildman–Crippen LogP) is 4.50. The van der Waals surface area contributed by atoms with Gasteiger partial charge in [0.2, 0.25) is 0 Å². The summed E-state index contributed by atoms with van der Waals surface area (Å²) in [5.74, 6) is -0.0298. The van der Waals surface area contributed by atoms with Gasteiger partial charge in [0, 0.05) is 10.9 Å². The van der Waals surface area contributed by atoms with Gasteiger partial charge in [-0.3, -0.25) is 0 Å². The standard InChI is InChI=1S/C21H17ClN2O3/c1-13-3-6-16-9-17(21(22)24-20(16)14(13)2)11-27-19(25)12-26-18-7-4-15(10-23)5-8-18/h3-9H,11-12H2,1-2H3. The molecule has 0 unspecified atom stereocenters. The molecule has 3 rings (SSSR count). The van der Waals surface area contributed by atoms with Crippen molar-refractivity contribution < 1.29 is 14.3 Å². The molecule has 0 N–H and O–H groups in total. The number of rotatable bonds is 5. The van der Waals surface area contributed by atoms with Gasteiger partial charge in [-0.1, -0.05) is 23.7 Å². The first-order valence-corrected chi connectivity index (χ1v) is 8.69. The number of benzene rings is 2. The van der Waals surface area contributed by atoms with Gasteiger partial charge in [-0.25, -0.2) is 9.78 Å². The zero-order valence-corrected chi connectivity index (χ0v) is 15.7. The van der Waals surface area contributed by atoms with Crippen molar-refractivity contribution in [3.05, 3.63) is 69.9 Å². The summed E-state index contributed by atoms with van der Waals surface area (Å²) in [4.78, 5) is 16.4. The van der Waals surface area contributed by atoms with Gasteiger partial charge in [-0.15, -0.1) is 0 Å². The molecule has 0 spiro atoms. The highest BCUT2D eigenvalue weighted by molar-refractivity contribution is 6.30. The van der Waals surface area contributed by atoms with Gasteiger partial charge in [-0.05, 0) is 55.3 Å². The van der Waals surface area contributed by atoms with Crippen LogP contribution in [0.15, 0.2) is 42.5 Å². The molecule has 0 atom stereocenters. The lowest BCUT2D eigenvalue weighted by Gasteiger charge is -2.10. The second kappa shape index (κ2) is 8.07. The molecular weight excluding hydrogens is 364 g/mol. The van der Waals surface area contributed by atoms with Crippen molar-refractivity contribution in [1.82, 2.24) is 4.98 Å². The Morgan fingerprint density at radius 1 is 1.19 bits per heavy atom.